The minimum atomic E-state index is -1.25. The molecule has 6 heteroatoms. The Hall–Kier alpha value is -2.47. The predicted octanol–water partition coefficient (Wildman–Crippen LogP) is 2.09. The molecule has 23 heavy (non-hydrogen) atoms. The van der Waals surface area contributed by atoms with Gasteiger partial charge in [0.1, 0.15) is 11.4 Å². The zero-order chi connectivity index (χ0) is 17.1. The maximum Gasteiger partial charge on any atom is 0.341 e. The molecule has 2 aromatic rings. The van der Waals surface area contributed by atoms with Crippen LogP contribution in [-0.4, -0.2) is 41.2 Å². The van der Waals surface area contributed by atoms with Gasteiger partial charge in [-0.05, 0) is 62.8 Å². The van der Waals surface area contributed by atoms with Crippen LogP contribution in [-0.2, 0) is 6.42 Å². The number of aromatic nitrogens is 1. The molecule has 122 valence electrons. The normalized spacial score (nSPS) is 11.0. The lowest BCUT2D eigenvalue weighted by Gasteiger charge is -2.16. The van der Waals surface area contributed by atoms with E-state index in [9.17, 15) is 19.1 Å². The number of carbonyl (C=O) groups is 1. The fourth-order valence-electron chi connectivity index (χ4n) is 2.39. The largest absolute Gasteiger partial charge is 0.477 e. The number of halogens is 1. The van der Waals surface area contributed by atoms with Gasteiger partial charge in [0.05, 0.1) is 0 Å². The van der Waals surface area contributed by atoms with Crippen LogP contribution in [0.5, 0.6) is 0 Å². The van der Waals surface area contributed by atoms with E-state index in [1.807, 2.05) is 19.0 Å². The van der Waals surface area contributed by atoms with Crippen molar-refractivity contribution in [1.82, 2.24) is 9.47 Å². The molecule has 1 N–H and O–H groups in total. The Balaban J connectivity index is 2.64. The van der Waals surface area contributed by atoms with Gasteiger partial charge in [-0.1, -0.05) is 0 Å². The number of hydrogen-bond acceptors (Lipinski definition) is 3. The number of nitrogens with zero attached hydrogens (tertiary/aromatic N) is 2. The van der Waals surface area contributed by atoms with E-state index in [0.29, 0.717) is 17.7 Å². The van der Waals surface area contributed by atoms with Gasteiger partial charge in [-0.15, -0.1) is 0 Å². The van der Waals surface area contributed by atoms with Crippen molar-refractivity contribution in [3.63, 3.8) is 0 Å². The standard InChI is InChI=1S/C17H19FN2O3/c1-11-12(8-9-19(2)3)10-20(16(21)15(11)17(22)23)14-6-4-13(18)5-7-14/h4-7,10H,8-9H2,1-3H3,(H,22,23). The molecule has 0 saturated carbocycles. The Bertz CT molecular complexity index is 780. The zero-order valence-corrected chi connectivity index (χ0v) is 13.3. The summed E-state index contributed by atoms with van der Waals surface area (Å²) in [4.78, 5) is 26.0. The second-order valence-corrected chi connectivity index (χ2v) is 5.66. The lowest BCUT2D eigenvalue weighted by molar-refractivity contribution is 0.0693. The van der Waals surface area contributed by atoms with Crippen molar-refractivity contribution < 1.29 is 14.3 Å². The van der Waals surface area contributed by atoms with Crippen LogP contribution in [0.3, 0.4) is 0 Å². The Kier molecular flexibility index (Phi) is 4.95. The Morgan fingerprint density at radius 3 is 2.39 bits per heavy atom. The van der Waals surface area contributed by atoms with Crippen LogP contribution in [0, 0.1) is 12.7 Å². The van der Waals surface area contributed by atoms with Gasteiger partial charge in [0, 0.05) is 18.4 Å². The molecule has 0 aliphatic rings. The summed E-state index contributed by atoms with van der Waals surface area (Å²) in [6, 6.07) is 5.38. The maximum atomic E-state index is 13.1. The van der Waals surface area contributed by atoms with Crippen LogP contribution in [0.2, 0.25) is 0 Å². The summed E-state index contributed by atoms with van der Waals surface area (Å²) in [7, 11) is 3.84. The molecule has 5 nitrogen and oxygen atoms in total. The van der Waals surface area contributed by atoms with Gasteiger partial charge in [-0.25, -0.2) is 9.18 Å². The van der Waals surface area contributed by atoms with Gasteiger partial charge in [-0.2, -0.15) is 0 Å². The van der Waals surface area contributed by atoms with Crippen LogP contribution in [0.15, 0.2) is 35.3 Å². The Morgan fingerprint density at radius 2 is 1.87 bits per heavy atom. The molecular weight excluding hydrogens is 299 g/mol. The third-order valence-corrected chi connectivity index (χ3v) is 3.72. The van der Waals surface area contributed by atoms with Crippen LogP contribution < -0.4 is 5.56 Å². The number of rotatable bonds is 5. The average molecular weight is 318 g/mol. The summed E-state index contributed by atoms with van der Waals surface area (Å²) < 4.78 is 14.3. The van der Waals surface area contributed by atoms with Crippen molar-refractivity contribution in [2.45, 2.75) is 13.3 Å². The minimum Gasteiger partial charge on any atom is -0.477 e. The van der Waals surface area contributed by atoms with Crippen LogP contribution in [0.4, 0.5) is 4.39 Å². The fraction of sp³-hybridized carbons (Fsp3) is 0.294. The summed E-state index contributed by atoms with van der Waals surface area (Å²) >= 11 is 0. The molecule has 0 unspecified atom stereocenters. The number of hydrogen-bond donors (Lipinski definition) is 1. The van der Waals surface area contributed by atoms with Gasteiger partial charge in [0.2, 0.25) is 0 Å². The first-order chi connectivity index (χ1) is 10.8. The number of carboxylic acid groups (broad SMARTS) is 1. The Morgan fingerprint density at radius 1 is 1.26 bits per heavy atom. The van der Waals surface area contributed by atoms with E-state index in [0.717, 1.165) is 12.1 Å². The highest BCUT2D eigenvalue weighted by molar-refractivity contribution is 5.89. The quantitative estimate of drug-likeness (QED) is 0.917. The van der Waals surface area contributed by atoms with E-state index in [1.165, 1.54) is 28.8 Å². The topological polar surface area (TPSA) is 62.5 Å². The second-order valence-electron chi connectivity index (χ2n) is 5.66. The summed E-state index contributed by atoms with van der Waals surface area (Å²) in [5, 5.41) is 9.38. The first kappa shape index (κ1) is 16.9. The molecule has 1 aromatic carbocycles. The highest BCUT2D eigenvalue weighted by Gasteiger charge is 2.19. The van der Waals surface area contributed by atoms with Crippen molar-refractivity contribution in [1.29, 1.82) is 0 Å². The molecular formula is C17H19FN2O3. The molecule has 0 spiro atoms. The summed E-state index contributed by atoms with van der Waals surface area (Å²) in [5.74, 6) is -1.67. The molecule has 0 radical (unpaired) electrons. The fourth-order valence-corrected chi connectivity index (χ4v) is 2.39. The van der Waals surface area contributed by atoms with Crippen molar-refractivity contribution in [2.75, 3.05) is 20.6 Å². The third kappa shape index (κ3) is 3.65. The predicted molar refractivity (Wildman–Crippen MR) is 86.0 cm³/mol. The third-order valence-electron chi connectivity index (χ3n) is 3.72. The molecule has 1 aromatic heterocycles. The number of likely N-dealkylation sites (N-methyl/N-ethyl adjacent to an activating group) is 1. The molecule has 0 saturated heterocycles. The number of aromatic carboxylic acids is 1. The molecule has 0 bridgehead atoms. The van der Waals surface area contributed by atoms with Crippen molar-refractivity contribution in [2.24, 2.45) is 0 Å². The van der Waals surface area contributed by atoms with Crippen molar-refractivity contribution in [3.8, 4) is 5.69 Å². The zero-order valence-electron chi connectivity index (χ0n) is 13.3. The first-order valence-electron chi connectivity index (χ1n) is 7.20. The average Bonchev–Trinajstić information content (AvgIpc) is 2.47. The van der Waals surface area contributed by atoms with E-state index in [2.05, 4.69) is 0 Å². The first-order valence-corrected chi connectivity index (χ1v) is 7.20. The highest BCUT2D eigenvalue weighted by Crippen LogP contribution is 2.15. The Labute approximate surface area is 133 Å². The summed E-state index contributed by atoms with van der Waals surface area (Å²) in [6.07, 6.45) is 2.25. The van der Waals surface area contributed by atoms with Gasteiger partial charge < -0.3 is 10.0 Å². The van der Waals surface area contributed by atoms with Crippen LogP contribution in [0.25, 0.3) is 5.69 Å². The van der Waals surface area contributed by atoms with Gasteiger partial charge in [0.25, 0.3) is 5.56 Å². The maximum absolute atomic E-state index is 13.1. The molecule has 2 rings (SSSR count). The minimum absolute atomic E-state index is 0.245. The van der Waals surface area contributed by atoms with Gasteiger partial charge >= 0.3 is 5.97 Å². The van der Waals surface area contributed by atoms with E-state index in [4.69, 9.17) is 0 Å². The molecule has 1 heterocycles. The highest BCUT2D eigenvalue weighted by atomic mass is 19.1. The summed E-state index contributed by atoms with van der Waals surface area (Å²) in [5.41, 5.74) is 0.827. The smallest absolute Gasteiger partial charge is 0.341 e. The SMILES string of the molecule is Cc1c(CCN(C)C)cn(-c2ccc(F)cc2)c(=O)c1C(=O)O. The molecule has 0 aliphatic heterocycles. The van der Waals surface area contributed by atoms with Crippen molar-refractivity contribution in [3.05, 3.63) is 63.3 Å². The van der Waals surface area contributed by atoms with E-state index < -0.39 is 17.3 Å². The van der Waals surface area contributed by atoms with Crippen LogP contribution >= 0.6 is 0 Å². The number of pyridine rings is 1. The molecule has 0 fully saturated rings. The molecule has 0 aliphatic carbocycles. The van der Waals surface area contributed by atoms with Crippen LogP contribution in [0.1, 0.15) is 21.5 Å². The van der Waals surface area contributed by atoms with E-state index in [1.54, 1.807) is 13.1 Å². The molecule has 0 amide bonds. The van der Waals surface area contributed by atoms with E-state index >= 15 is 0 Å². The number of benzene rings is 1. The second kappa shape index (κ2) is 6.75. The van der Waals surface area contributed by atoms with Gasteiger partial charge in [-0.3, -0.25) is 9.36 Å². The van der Waals surface area contributed by atoms with Gasteiger partial charge in [0.15, 0.2) is 0 Å². The number of carboxylic acids is 1. The monoisotopic (exact) mass is 318 g/mol. The lowest BCUT2D eigenvalue weighted by atomic mass is 10.0. The van der Waals surface area contributed by atoms with E-state index in [-0.39, 0.29) is 5.56 Å². The molecule has 0 atom stereocenters. The summed E-state index contributed by atoms with van der Waals surface area (Å²) in [6.45, 7) is 2.37. The van der Waals surface area contributed by atoms with Crippen molar-refractivity contribution >= 4 is 5.97 Å². The lowest BCUT2D eigenvalue weighted by Crippen LogP contribution is -2.28.